The summed E-state index contributed by atoms with van der Waals surface area (Å²) in [5, 5.41) is 0. The van der Waals surface area contributed by atoms with E-state index in [0.29, 0.717) is 30.5 Å². The molecule has 2 rings (SSSR count). The van der Waals surface area contributed by atoms with Gasteiger partial charge in [0, 0.05) is 25.7 Å². The number of rotatable bonds is 8. The molecule has 2 atom stereocenters. The number of carbonyl (C=O) groups excluding carboxylic acids is 1. The lowest BCUT2D eigenvalue weighted by Gasteiger charge is -2.12. The molecular weight excluding hydrogens is 276 g/mol. The molecule has 0 aliphatic heterocycles. The number of carbonyl (C=O) groups is 1. The topological polar surface area (TPSA) is 43.4 Å². The van der Waals surface area contributed by atoms with Gasteiger partial charge in [0.2, 0.25) is 0 Å². The van der Waals surface area contributed by atoms with E-state index >= 15 is 0 Å². The van der Waals surface area contributed by atoms with Crippen molar-refractivity contribution in [1.29, 1.82) is 0 Å². The van der Waals surface area contributed by atoms with Crippen molar-refractivity contribution in [2.75, 3.05) is 0 Å². The molecule has 0 bridgehead atoms. The summed E-state index contributed by atoms with van der Waals surface area (Å²) in [6.07, 6.45) is 2.87. The molecule has 2 aromatic heterocycles. The molecule has 3 nitrogen and oxygen atoms in total. The fourth-order valence-corrected chi connectivity index (χ4v) is 2.88. The van der Waals surface area contributed by atoms with Crippen molar-refractivity contribution < 1.29 is 13.6 Å². The van der Waals surface area contributed by atoms with Crippen LogP contribution in [0.1, 0.15) is 49.7 Å². The third-order valence-electron chi connectivity index (χ3n) is 3.84. The van der Waals surface area contributed by atoms with Crippen molar-refractivity contribution in [1.82, 2.24) is 0 Å². The van der Waals surface area contributed by atoms with Crippen LogP contribution in [0.5, 0.6) is 0 Å². The van der Waals surface area contributed by atoms with Gasteiger partial charge in [0.25, 0.3) is 0 Å². The van der Waals surface area contributed by atoms with Gasteiger partial charge < -0.3 is 8.83 Å². The molecule has 0 aromatic carbocycles. The van der Waals surface area contributed by atoms with E-state index < -0.39 is 0 Å². The first-order valence-corrected chi connectivity index (χ1v) is 8.04. The maximum absolute atomic E-state index is 12.2. The third kappa shape index (κ3) is 5.21. The highest BCUT2D eigenvalue weighted by Crippen LogP contribution is 2.19. The quantitative estimate of drug-likeness (QED) is 0.697. The molecule has 2 heterocycles. The van der Waals surface area contributed by atoms with Crippen molar-refractivity contribution in [3.8, 4) is 0 Å². The summed E-state index contributed by atoms with van der Waals surface area (Å²) in [6.45, 7) is 8.10. The van der Waals surface area contributed by atoms with Gasteiger partial charge >= 0.3 is 0 Å². The standard InChI is InChI=1S/C19H26O3/c1-13(11-18-7-5-15(3)21-18)9-17(20)10-14(2)12-19-8-6-16(4)22-19/h5-8,13-14H,9-12H2,1-4H3. The summed E-state index contributed by atoms with van der Waals surface area (Å²) in [4.78, 5) is 12.2. The summed E-state index contributed by atoms with van der Waals surface area (Å²) in [7, 11) is 0. The van der Waals surface area contributed by atoms with Crippen LogP contribution < -0.4 is 0 Å². The second-order valence-corrected chi connectivity index (χ2v) is 6.59. The van der Waals surface area contributed by atoms with Crippen LogP contribution in [0.4, 0.5) is 0 Å². The van der Waals surface area contributed by atoms with E-state index in [1.807, 2.05) is 38.1 Å². The van der Waals surface area contributed by atoms with E-state index in [1.165, 1.54) is 0 Å². The van der Waals surface area contributed by atoms with Crippen molar-refractivity contribution in [3.63, 3.8) is 0 Å². The predicted molar refractivity (Wildman–Crippen MR) is 86.9 cm³/mol. The summed E-state index contributed by atoms with van der Waals surface area (Å²) in [5.41, 5.74) is 0. The number of hydrogen-bond donors (Lipinski definition) is 0. The number of ketones is 1. The van der Waals surface area contributed by atoms with E-state index in [9.17, 15) is 4.79 Å². The number of aryl methyl sites for hydroxylation is 2. The predicted octanol–water partition coefficient (Wildman–Crippen LogP) is 4.90. The average Bonchev–Trinajstić information content (AvgIpc) is 2.97. The summed E-state index contributed by atoms with van der Waals surface area (Å²) in [5.74, 6) is 4.75. The Bertz CT molecular complexity index is 553. The molecule has 2 aromatic rings. The molecule has 0 saturated carbocycles. The molecule has 0 amide bonds. The highest BCUT2D eigenvalue weighted by molar-refractivity contribution is 5.78. The Morgan fingerprint density at radius 1 is 0.864 bits per heavy atom. The van der Waals surface area contributed by atoms with Crippen LogP contribution in [0.25, 0.3) is 0 Å². The number of Topliss-reactive ketones (excluding diaryl/α,β-unsaturated/α-hetero) is 1. The molecule has 120 valence electrons. The molecule has 0 radical (unpaired) electrons. The van der Waals surface area contributed by atoms with E-state index in [1.54, 1.807) is 0 Å². The smallest absolute Gasteiger partial charge is 0.133 e. The van der Waals surface area contributed by atoms with Gasteiger partial charge in [-0.1, -0.05) is 13.8 Å². The first-order chi connectivity index (χ1) is 10.4. The second-order valence-electron chi connectivity index (χ2n) is 6.59. The monoisotopic (exact) mass is 302 g/mol. The molecule has 0 spiro atoms. The zero-order valence-electron chi connectivity index (χ0n) is 14.0. The van der Waals surface area contributed by atoms with Crippen LogP contribution in [-0.2, 0) is 17.6 Å². The first kappa shape index (κ1) is 16.6. The third-order valence-corrected chi connectivity index (χ3v) is 3.84. The SMILES string of the molecule is Cc1ccc(CC(C)CC(=O)CC(C)Cc2ccc(C)o2)o1. The van der Waals surface area contributed by atoms with Gasteiger partial charge in [0.15, 0.2) is 0 Å². The minimum atomic E-state index is 0.316. The Hall–Kier alpha value is -1.77. The molecule has 0 saturated heterocycles. The van der Waals surface area contributed by atoms with Crippen LogP contribution in [-0.4, -0.2) is 5.78 Å². The van der Waals surface area contributed by atoms with Gasteiger partial charge in [-0.05, 0) is 49.9 Å². The molecule has 22 heavy (non-hydrogen) atoms. The van der Waals surface area contributed by atoms with Crippen LogP contribution in [0.3, 0.4) is 0 Å². The lowest BCUT2D eigenvalue weighted by Crippen LogP contribution is -2.12. The Balaban J connectivity index is 1.74. The fraction of sp³-hybridized carbons (Fsp3) is 0.526. The lowest BCUT2D eigenvalue weighted by molar-refractivity contribution is -0.120. The highest BCUT2D eigenvalue weighted by atomic mass is 16.3. The Morgan fingerprint density at radius 2 is 1.27 bits per heavy atom. The Kier molecular flexibility index (Phi) is 5.64. The lowest BCUT2D eigenvalue weighted by atomic mass is 9.93. The molecule has 3 heteroatoms. The maximum Gasteiger partial charge on any atom is 0.133 e. The molecule has 0 N–H and O–H groups in total. The highest BCUT2D eigenvalue weighted by Gasteiger charge is 2.16. The van der Waals surface area contributed by atoms with Crippen molar-refractivity contribution >= 4 is 5.78 Å². The second kappa shape index (κ2) is 7.48. The molecule has 0 fully saturated rings. The normalized spacial score (nSPS) is 14.0. The number of furan rings is 2. The summed E-state index contributed by atoms with van der Waals surface area (Å²) in [6, 6.07) is 7.94. The van der Waals surface area contributed by atoms with Crippen molar-refractivity contribution in [3.05, 3.63) is 47.3 Å². The van der Waals surface area contributed by atoms with Gasteiger partial charge in [-0.15, -0.1) is 0 Å². The zero-order chi connectivity index (χ0) is 16.1. The summed E-state index contributed by atoms with van der Waals surface area (Å²) < 4.78 is 11.1. The molecular formula is C19H26O3. The maximum atomic E-state index is 12.2. The van der Waals surface area contributed by atoms with Crippen LogP contribution in [0.2, 0.25) is 0 Å². The van der Waals surface area contributed by atoms with E-state index in [4.69, 9.17) is 8.83 Å². The molecule has 0 aliphatic carbocycles. The largest absolute Gasteiger partial charge is 0.466 e. The van der Waals surface area contributed by atoms with Gasteiger partial charge in [-0.25, -0.2) is 0 Å². The van der Waals surface area contributed by atoms with Crippen LogP contribution in [0, 0.1) is 25.7 Å². The van der Waals surface area contributed by atoms with Gasteiger partial charge in [-0.2, -0.15) is 0 Å². The van der Waals surface area contributed by atoms with Crippen molar-refractivity contribution in [2.24, 2.45) is 11.8 Å². The minimum absolute atomic E-state index is 0.316. The minimum Gasteiger partial charge on any atom is -0.466 e. The molecule has 2 unspecified atom stereocenters. The van der Waals surface area contributed by atoms with E-state index in [-0.39, 0.29) is 0 Å². The Labute approximate surface area is 132 Å². The van der Waals surface area contributed by atoms with Gasteiger partial charge in [0.1, 0.15) is 28.8 Å². The zero-order valence-corrected chi connectivity index (χ0v) is 14.0. The average molecular weight is 302 g/mol. The van der Waals surface area contributed by atoms with E-state index in [0.717, 1.165) is 35.9 Å². The number of hydrogen-bond acceptors (Lipinski definition) is 3. The summed E-state index contributed by atoms with van der Waals surface area (Å²) >= 11 is 0. The van der Waals surface area contributed by atoms with Crippen LogP contribution in [0.15, 0.2) is 33.1 Å². The van der Waals surface area contributed by atoms with Crippen molar-refractivity contribution in [2.45, 2.75) is 53.4 Å². The van der Waals surface area contributed by atoms with E-state index in [2.05, 4.69) is 13.8 Å². The van der Waals surface area contributed by atoms with Gasteiger partial charge in [-0.3, -0.25) is 4.79 Å². The first-order valence-electron chi connectivity index (χ1n) is 8.04. The Morgan fingerprint density at radius 3 is 1.59 bits per heavy atom. The molecule has 0 aliphatic rings. The fourth-order valence-electron chi connectivity index (χ4n) is 2.88. The van der Waals surface area contributed by atoms with Crippen LogP contribution >= 0.6 is 0 Å². The van der Waals surface area contributed by atoms with Gasteiger partial charge in [0.05, 0.1) is 0 Å².